The first-order valence-corrected chi connectivity index (χ1v) is 16.2. The largest absolute Gasteiger partial charge is 0.311 e. The average Bonchev–Trinajstić information content (AvgIpc) is 3.01. The number of benzene rings is 5. The van der Waals surface area contributed by atoms with Gasteiger partial charge in [0, 0.05) is 69.5 Å². The van der Waals surface area contributed by atoms with Crippen LogP contribution >= 0.6 is 81.2 Å². The molecule has 0 atom stereocenters. The van der Waals surface area contributed by atoms with Crippen LogP contribution in [-0.4, -0.2) is 4.98 Å². The number of hydrogen-bond donors (Lipinski definition) is 0. The molecule has 0 saturated carbocycles. The normalized spacial score (nSPS) is 11.2. The van der Waals surface area contributed by atoms with E-state index in [1.54, 1.807) is 24.3 Å². The first-order valence-electron chi connectivity index (χ1n) is 13.6. The molecule has 6 rings (SSSR count). The van der Waals surface area contributed by atoms with Crippen LogP contribution in [0.2, 0.25) is 35.3 Å². The highest BCUT2D eigenvalue weighted by Crippen LogP contribution is 2.47. The number of nitrogens with zero attached hydrogens (tertiary/aromatic N) is 2. The summed E-state index contributed by atoms with van der Waals surface area (Å²) < 4.78 is 0. The Morgan fingerprint density at radius 2 is 0.889 bits per heavy atom. The molecule has 1 heterocycles. The summed E-state index contributed by atoms with van der Waals surface area (Å²) >= 11 is 46.2. The van der Waals surface area contributed by atoms with E-state index in [0.29, 0.717) is 58.4 Å². The minimum atomic E-state index is 0.200. The monoisotopic (exact) mass is 725 g/mol. The van der Waals surface area contributed by atoms with Crippen molar-refractivity contribution in [3.8, 4) is 11.3 Å². The Bertz CT molecular complexity index is 1840. The summed E-state index contributed by atoms with van der Waals surface area (Å²) in [5.41, 5.74) is 6.06. The van der Waals surface area contributed by atoms with Gasteiger partial charge in [-0.2, -0.15) is 0 Å². The summed E-state index contributed by atoms with van der Waals surface area (Å²) in [6.45, 7) is 0. The Balaban J connectivity index is 1.42. The second-order valence-corrected chi connectivity index (χ2v) is 12.8. The molecule has 0 spiro atoms. The lowest BCUT2D eigenvalue weighted by molar-refractivity contribution is 1.18. The zero-order valence-corrected chi connectivity index (χ0v) is 28.4. The summed E-state index contributed by atoms with van der Waals surface area (Å²) in [6, 6.07) is 38.6. The maximum absolute atomic E-state index is 6.92. The van der Waals surface area contributed by atoms with Gasteiger partial charge in [0.05, 0.1) is 11.6 Å². The molecule has 2 nitrogen and oxygen atoms in total. The zero-order valence-electron chi connectivity index (χ0n) is 23.1. The smallest absolute Gasteiger partial charge is 0.134 e. The number of aromatic nitrogens is 1. The van der Waals surface area contributed by atoms with Crippen molar-refractivity contribution < 1.29 is 0 Å². The van der Waals surface area contributed by atoms with Gasteiger partial charge >= 0.3 is 0 Å². The first kappa shape index (κ1) is 32.0. The summed E-state index contributed by atoms with van der Waals surface area (Å²) in [5, 5.41) is 2.13. The lowest BCUT2D eigenvalue weighted by Crippen LogP contribution is -2.10. The van der Waals surface area contributed by atoms with E-state index in [0.717, 1.165) is 22.6 Å². The lowest BCUT2D eigenvalue weighted by Gasteiger charge is -2.25. The molecule has 0 unspecified atom stereocenters. The fourth-order valence-corrected chi connectivity index (χ4v) is 7.38. The Kier molecular flexibility index (Phi) is 9.85. The number of anilines is 3. The first-order chi connectivity index (χ1) is 21.7. The van der Waals surface area contributed by atoms with E-state index in [1.165, 1.54) is 0 Å². The number of rotatable bonds is 7. The van der Waals surface area contributed by atoms with Crippen LogP contribution < -0.4 is 4.90 Å². The molecule has 1 aromatic heterocycles. The third-order valence-electron chi connectivity index (χ3n) is 7.08. The van der Waals surface area contributed by atoms with Gasteiger partial charge in [0.25, 0.3) is 0 Å². The number of halogens is 7. The zero-order chi connectivity index (χ0) is 31.7. The molecule has 0 amide bonds. The van der Waals surface area contributed by atoms with E-state index >= 15 is 0 Å². The van der Waals surface area contributed by atoms with Gasteiger partial charge in [-0.25, -0.2) is 4.98 Å². The average molecular weight is 729 g/mol. The van der Waals surface area contributed by atoms with Crippen molar-refractivity contribution in [1.82, 2.24) is 4.98 Å². The van der Waals surface area contributed by atoms with Crippen LogP contribution in [0, 0.1) is 5.92 Å². The van der Waals surface area contributed by atoms with Crippen molar-refractivity contribution in [2.24, 2.45) is 0 Å². The van der Waals surface area contributed by atoms with E-state index in [2.05, 4.69) is 41.3 Å². The summed E-state index contributed by atoms with van der Waals surface area (Å²) in [6.07, 6.45) is 0. The molecule has 0 saturated heterocycles. The number of hydrogen-bond acceptors (Lipinski definition) is 2. The van der Waals surface area contributed by atoms with Crippen LogP contribution in [0.1, 0.15) is 16.7 Å². The summed E-state index contributed by atoms with van der Waals surface area (Å²) in [5.74, 6) is 0.495. The van der Waals surface area contributed by atoms with Crippen LogP contribution in [0.25, 0.3) is 11.3 Å². The molecule has 0 fully saturated rings. The summed E-state index contributed by atoms with van der Waals surface area (Å²) in [7, 11) is 0. The standard InChI is InChI=1S/C36H20Cl7N2/c37-22-17-28(39)34(29(40)18-22)33(35-30(41)19-23(38)20-31(35)42)27-15-16-32(44-36(27)43)21-11-13-26(14-12-21)45(24-7-3-1-4-8-24)25-9-5-2-6-10-25/h1-20H. The van der Waals surface area contributed by atoms with Crippen LogP contribution in [0.3, 0.4) is 0 Å². The molecule has 0 aliphatic heterocycles. The SMILES string of the molecule is Clc1cc(Cl)c([C](c2ccc(-c3ccc(N(c4ccccc4)c4ccccc4)cc3)nc2Cl)c2c(Cl)cc(Cl)cc2Cl)c(Cl)c1. The van der Waals surface area contributed by atoms with E-state index in [4.69, 9.17) is 86.2 Å². The predicted octanol–water partition coefficient (Wildman–Crippen LogP) is 13.8. The van der Waals surface area contributed by atoms with Crippen molar-refractivity contribution in [1.29, 1.82) is 0 Å². The minimum absolute atomic E-state index is 0.200. The van der Waals surface area contributed by atoms with Gasteiger partial charge in [-0.05, 0) is 66.7 Å². The molecule has 6 aromatic rings. The fourth-order valence-electron chi connectivity index (χ4n) is 5.12. The van der Waals surface area contributed by atoms with Crippen LogP contribution in [0.5, 0.6) is 0 Å². The van der Waals surface area contributed by atoms with Crippen molar-refractivity contribution in [2.75, 3.05) is 4.90 Å². The van der Waals surface area contributed by atoms with Crippen LogP contribution in [0.15, 0.2) is 121 Å². The molecule has 5 aromatic carbocycles. The maximum Gasteiger partial charge on any atom is 0.134 e. The van der Waals surface area contributed by atoms with E-state index in [-0.39, 0.29) is 5.15 Å². The molecular formula is C36H20Cl7N2. The van der Waals surface area contributed by atoms with Crippen molar-refractivity contribution in [2.45, 2.75) is 0 Å². The molecular weight excluding hydrogens is 709 g/mol. The van der Waals surface area contributed by atoms with Crippen molar-refractivity contribution >= 4 is 98.3 Å². The number of pyridine rings is 1. The van der Waals surface area contributed by atoms with Gasteiger partial charge in [0.15, 0.2) is 0 Å². The van der Waals surface area contributed by atoms with Gasteiger partial charge in [-0.1, -0.05) is 136 Å². The minimum Gasteiger partial charge on any atom is -0.311 e. The molecule has 1 radical (unpaired) electrons. The highest BCUT2D eigenvalue weighted by molar-refractivity contribution is 6.42. The molecule has 45 heavy (non-hydrogen) atoms. The molecule has 0 aliphatic carbocycles. The number of para-hydroxylation sites is 2. The third-order valence-corrected chi connectivity index (χ3v) is 9.00. The van der Waals surface area contributed by atoms with Gasteiger partial charge in [-0.15, -0.1) is 0 Å². The molecule has 0 bridgehead atoms. The molecule has 0 N–H and O–H groups in total. The van der Waals surface area contributed by atoms with Gasteiger partial charge in [0.1, 0.15) is 5.15 Å². The Morgan fingerprint density at radius 3 is 1.31 bits per heavy atom. The van der Waals surface area contributed by atoms with Crippen molar-refractivity contribution in [3.05, 3.63) is 179 Å². The molecule has 0 aliphatic rings. The van der Waals surface area contributed by atoms with E-state index in [9.17, 15) is 0 Å². The third kappa shape index (κ3) is 6.80. The van der Waals surface area contributed by atoms with Gasteiger partial charge < -0.3 is 4.90 Å². The Hall–Kier alpha value is -2.92. The lowest BCUT2D eigenvalue weighted by atomic mass is 9.85. The maximum atomic E-state index is 6.92. The molecule has 9 heteroatoms. The quantitative estimate of drug-likeness (QED) is 0.152. The topological polar surface area (TPSA) is 16.1 Å². The Labute approximate surface area is 296 Å². The molecule has 223 valence electrons. The second-order valence-electron chi connectivity index (χ2n) is 9.95. The summed E-state index contributed by atoms with van der Waals surface area (Å²) in [4.78, 5) is 6.95. The van der Waals surface area contributed by atoms with Crippen LogP contribution in [0.4, 0.5) is 17.1 Å². The van der Waals surface area contributed by atoms with E-state index < -0.39 is 0 Å². The highest BCUT2D eigenvalue weighted by Gasteiger charge is 2.30. The Morgan fingerprint density at radius 1 is 0.467 bits per heavy atom. The van der Waals surface area contributed by atoms with Gasteiger partial charge in [-0.3, -0.25) is 0 Å². The van der Waals surface area contributed by atoms with Crippen LogP contribution in [-0.2, 0) is 0 Å². The van der Waals surface area contributed by atoms with Crippen molar-refractivity contribution in [3.63, 3.8) is 0 Å². The highest BCUT2D eigenvalue weighted by atomic mass is 35.5. The predicted molar refractivity (Wildman–Crippen MR) is 193 cm³/mol. The van der Waals surface area contributed by atoms with E-state index in [1.807, 2.05) is 60.7 Å². The second kappa shape index (κ2) is 13.8. The fraction of sp³-hybridized carbons (Fsp3) is 0. The van der Waals surface area contributed by atoms with Gasteiger partial charge in [0.2, 0.25) is 0 Å².